The van der Waals surface area contributed by atoms with Gasteiger partial charge in [0.1, 0.15) is 0 Å². The number of carbonyl (C=O) groups is 1. The van der Waals surface area contributed by atoms with Gasteiger partial charge >= 0.3 is 0 Å². The van der Waals surface area contributed by atoms with E-state index < -0.39 is 0 Å². The Balaban J connectivity index is 3.08. The molecule has 0 fully saturated rings. The van der Waals surface area contributed by atoms with Gasteiger partial charge in [-0.2, -0.15) is 0 Å². The first-order valence-electron chi connectivity index (χ1n) is 3.33. The lowest BCUT2D eigenvalue weighted by atomic mass is 10.1. The average molecular weight is 204 g/mol. The predicted molar refractivity (Wildman–Crippen MR) is 49.8 cm³/mol. The van der Waals surface area contributed by atoms with Gasteiger partial charge in [0.15, 0.2) is 5.78 Å². The fourth-order valence-electron chi connectivity index (χ4n) is 0.833. The maximum atomic E-state index is 11.1. The second-order valence-electron chi connectivity index (χ2n) is 2.29. The monoisotopic (exact) mass is 203 g/mol. The third-order valence-electron chi connectivity index (χ3n) is 1.37. The van der Waals surface area contributed by atoms with Crippen LogP contribution in [0.4, 0.5) is 0 Å². The second kappa shape index (κ2) is 3.90. The molecule has 4 heteroatoms. The number of hydrogen-bond donors (Lipinski definition) is 1. The quantitative estimate of drug-likeness (QED) is 0.749. The zero-order valence-corrected chi connectivity index (χ0v) is 7.69. The SMILES string of the molecule is NCC(=O)c1cc(Cl)cc(Cl)c1. The molecule has 0 unspecified atom stereocenters. The molecule has 12 heavy (non-hydrogen) atoms. The van der Waals surface area contributed by atoms with E-state index in [-0.39, 0.29) is 12.3 Å². The van der Waals surface area contributed by atoms with Gasteiger partial charge in [-0.1, -0.05) is 23.2 Å². The van der Waals surface area contributed by atoms with Crippen LogP contribution in [0.1, 0.15) is 10.4 Å². The fraction of sp³-hybridized carbons (Fsp3) is 0.125. The van der Waals surface area contributed by atoms with E-state index in [1.165, 1.54) is 0 Å². The second-order valence-corrected chi connectivity index (χ2v) is 3.16. The topological polar surface area (TPSA) is 43.1 Å². The molecule has 0 saturated carbocycles. The smallest absolute Gasteiger partial charge is 0.176 e. The summed E-state index contributed by atoms with van der Waals surface area (Å²) in [5, 5.41) is 0.888. The van der Waals surface area contributed by atoms with E-state index in [0.29, 0.717) is 15.6 Å². The molecule has 0 aliphatic rings. The van der Waals surface area contributed by atoms with Crippen molar-refractivity contribution in [3.63, 3.8) is 0 Å². The van der Waals surface area contributed by atoms with Crippen LogP contribution in [0.2, 0.25) is 10.0 Å². The van der Waals surface area contributed by atoms with E-state index in [1.54, 1.807) is 18.2 Å². The Morgan fingerprint density at radius 1 is 1.25 bits per heavy atom. The Labute approximate surface area is 80.3 Å². The molecule has 0 atom stereocenters. The molecule has 64 valence electrons. The van der Waals surface area contributed by atoms with Crippen molar-refractivity contribution < 1.29 is 4.79 Å². The lowest BCUT2D eigenvalue weighted by molar-refractivity contribution is 0.100. The molecule has 1 aromatic rings. The molecular formula is C8H7Cl2NO. The maximum absolute atomic E-state index is 11.1. The van der Waals surface area contributed by atoms with E-state index >= 15 is 0 Å². The molecule has 2 N–H and O–H groups in total. The van der Waals surface area contributed by atoms with Gasteiger partial charge in [-0.3, -0.25) is 4.79 Å². The van der Waals surface area contributed by atoms with Crippen LogP contribution in [-0.2, 0) is 0 Å². The number of rotatable bonds is 2. The Kier molecular flexibility index (Phi) is 3.09. The zero-order valence-electron chi connectivity index (χ0n) is 6.18. The van der Waals surface area contributed by atoms with Crippen LogP contribution >= 0.6 is 23.2 Å². The Morgan fingerprint density at radius 3 is 2.17 bits per heavy atom. The van der Waals surface area contributed by atoms with Gasteiger partial charge < -0.3 is 5.73 Å². The standard InChI is InChI=1S/C8H7Cl2NO/c9-6-1-5(8(12)4-11)2-7(10)3-6/h1-3H,4,11H2. The van der Waals surface area contributed by atoms with Crippen LogP contribution in [0, 0.1) is 0 Å². The molecule has 0 bridgehead atoms. The summed E-state index contributed by atoms with van der Waals surface area (Å²) in [6.45, 7) is -0.0311. The molecule has 0 amide bonds. The summed E-state index contributed by atoms with van der Waals surface area (Å²) in [5.74, 6) is -0.167. The molecule has 1 aromatic carbocycles. The summed E-state index contributed by atoms with van der Waals surface area (Å²) in [7, 11) is 0. The zero-order chi connectivity index (χ0) is 9.14. The molecule has 0 aliphatic carbocycles. The van der Waals surface area contributed by atoms with Crippen LogP contribution in [0.5, 0.6) is 0 Å². The van der Waals surface area contributed by atoms with Crippen LogP contribution in [-0.4, -0.2) is 12.3 Å². The lowest BCUT2D eigenvalue weighted by Gasteiger charge is -1.99. The molecule has 1 rings (SSSR count). The van der Waals surface area contributed by atoms with Crippen molar-refractivity contribution in [1.82, 2.24) is 0 Å². The minimum absolute atomic E-state index is 0.0311. The molecule has 0 heterocycles. The van der Waals surface area contributed by atoms with Gasteiger partial charge in [-0.05, 0) is 18.2 Å². The third-order valence-corrected chi connectivity index (χ3v) is 1.81. The first-order chi connectivity index (χ1) is 5.63. The first kappa shape index (κ1) is 9.52. The van der Waals surface area contributed by atoms with Gasteiger partial charge in [-0.25, -0.2) is 0 Å². The summed E-state index contributed by atoms with van der Waals surface area (Å²) in [5.41, 5.74) is 5.62. The third kappa shape index (κ3) is 2.21. The Hall–Kier alpha value is -0.570. The van der Waals surface area contributed by atoms with Crippen molar-refractivity contribution in [2.24, 2.45) is 5.73 Å². The number of ketones is 1. The summed E-state index contributed by atoms with van der Waals surface area (Å²) < 4.78 is 0. The lowest BCUT2D eigenvalue weighted by Crippen LogP contribution is -2.13. The largest absolute Gasteiger partial charge is 0.324 e. The van der Waals surface area contributed by atoms with Crippen LogP contribution in [0.3, 0.4) is 0 Å². The van der Waals surface area contributed by atoms with Crippen molar-refractivity contribution >= 4 is 29.0 Å². The van der Waals surface area contributed by atoms with Crippen molar-refractivity contribution in [3.8, 4) is 0 Å². The summed E-state index contributed by atoms with van der Waals surface area (Å²) in [4.78, 5) is 11.1. The number of nitrogens with two attached hydrogens (primary N) is 1. The number of hydrogen-bond acceptors (Lipinski definition) is 2. The van der Waals surface area contributed by atoms with E-state index in [9.17, 15) is 4.79 Å². The summed E-state index contributed by atoms with van der Waals surface area (Å²) >= 11 is 11.3. The van der Waals surface area contributed by atoms with Crippen molar-refractivity contribution in [2.45, 2.75) is 0 Å². The van der Waals surface area contributed by atoms with Gasteiger partial charge in [0.25, 0.3) is 0 Å². The summed E-state index contributed by atoms with van der Waals surface area (Å²) in [6.07, 6.45) is 0. The minimum atomic E-state index is -0.167. The van der Waals surface area contributed by atoms with E-state index in [2.05, 4.69) is 0 Å². The van der Waals surface area contributed by atoms with E-state index in [0.717, 1.165) is 0 Å². The minimum Gasteiger partial charge on any atom is -0.324 e. The molecule has 2 nitrogen and oxygen atoms in total. The van der Waals surface area contributed by atoms with Crippen molar-refractivity contribution in [3.05, 3.63) is 33.8 Å². The molecule has 0 radical (unpaired) electrons. The van der Waals surface area contributed by atoms with Crippen LogP contribution < -0.4 is 5.73 Å². The highest BCUT2D eigenvalue weighted by atomic mass is 35.5. The number of Topliss-reactive ketones (excluding diaryl/α,β-unsaturated/α-hetero) is 1. The number of benzene rings is 1. The van der Waals surface area contributed by atoms with Gasteiger partial charge in [-0.15, -0.1) is 0 Å². The van der Waals surface area contributed by atoms with Crippen molar-refractivity contribution in [2.75, 3.05) is 6.54 Å². The Bertz CT molecular complexity index is 292. The van der Waals surface area contributed by atoms with Crippen molar-refractivity contribution in [1.29, 1.82) is 0 Å². The summed E-state index contributed by atoms with van der Waals surface area (Å²) in [6, 6.07) is 4.65. The van der Waals surface area contributed by atoms with Gasteiger partial charge in [0.2, 0.25) is 0 Å². The fourth-order valence-corrected chi connectivity index (χ4v) is 1.36. The predicted octanol–water partition coefficient (Wildman–Crippen LogP) is 2.13. The molecule has 0 saturated heterocycles. The van der Waals surface area contributed by atoms with E-state index in [1.807, 2.05) is 0 Å². The van der Waals surface area contributed by atoms with Gasteiger partial charge in [0, 0.05) is 15.6 Å². The van der Waals surface area contributed by atoms with Gasteiger partial charge in [0.05, 0.1) is 6.54 Å². The van der Waals surface area contributed by atoms with E-state index in [4.69, 9.17) is 28.9 Å². The Morgan fingerprint density at radius 2 is 1.75 bits per heavy atom. The van der Waals surface area contributed by atoms with Crippen LogP contribution in [0.15, 0.2) is 18.2 Å². The highest BCUT2D eigenvalue weighted by Gasteiger charge is 2.04. The molecular weight excluding hydrogens is 197 g/mol. The molecule has 0 spiro atoms. The first-order valence-corrected chi connectivity index (χ1v) is 4.08. The number of halogens is 2. The highest BCUT2D eigenvalue weighted by molar-refractivity contribution is 6.35. The normalized spacial score (nSPS) is 9.92. The average Bonchev–Trinajstić information content (AvgIpc) is 2.01. The molecule has 0 aliphatic heterocycles. The molecule has 0 aromatic heterocycles. The highest BCUT2D eigenvalue weighted by Crippen LogP contribution is 2.18. The number of carbonyl (C=O) groups excluding carboxylic acids is 1. The maximum Gasteiger partial charge on any atom is 0.176 e. The van der Waals surface area contributed by atoms with Crippen LogP contribution in [0.25, 0.3) is 0 Å².